The number of carbonyl (C=O) groups is 1. The Morgan fingerprint density at radius 1 is 1.19 bits per heavy atom. The van der Waals surface area contributed by atoms with Crippen LogP contribution in [0.1, 0.15) is 49.5 Å². The SMILES string of the molecule is CC(C)Oc1cc(C(C)C)ccc1C(=O)N1CCOCC1. The molecule has 0 saturated carbocycles. The molecular weight excluding hydrogens is 266 g/mol. The third-order valence-corrected chi connectivity index (χ3v) is 3.56. The molecule has 1 fully saturated rings. The van der Waals surface area contributed by atoms with Crippen LogP contribution in [0, 0.1) is 0 Å². The van der Waals surface area contributed by atoms with Gasteiger partial charge in [-0.2, -0.15) is 0 Å². The monoisotopic (exact) mass is 291 g/mol. The molecule has 1 heterocycles. The molecule has 21 heavy (non-hydrogen) atoms. The Labute approximate surface area is 127 Å². The second-order valence-electron chi connectivity index (χ2n) is 5.98. The van der Waals surface area contributed by atoms with Crippen LogP contribution in [0.3, 0.4) is 0 Å². The minimum absolute atomic E-state index is 0.0317. The zero-order valence-electron chi connectivity index (χ0n) is 13.4. The van der Waals surface area contributed by atoms with Crippen molar-refractivity contribution in [2.45, 2.75) is 39.7 Å². The van der Waals surface area contributed by atoms with Crippen LogP contribution >= 0.6 is 0 Å². The number of carbonyl (C=O) groups excluding carboxylic acids is 1. The van der Waals surface area contributed by atoms with Crippen molar-refractivity contribution < 1.29 is 14.3 Å². The summed E-state index contributed by atoms with van der Waals surface area (Å²) in [5, 5.41) is 0. The molecule has 0 unspecified atom stereocenters. The molecular formula is C17H25NO3. The predicted molar refractivity (Wildman–Crippen MR) is 83.0 cm³/mol. The topological polar surface area (TPSA) is 38.8 Å². The molecule has 0 radical (unpaired) electrons. The lowest BCUT2D eigenvalue weighted by molar-refractivity contribution is 0.0299. The lowest BCUT2D eigenvalue weighted by Gasteiger charge is -2.28. The number of rotatable bonds is 4. The fourth-order valence-corrected chi connectivity index (χ4v) is 2.36. The molecule has 0 N–H and O–H groups in total. The van der Waals surface area contributed by atoms with Crippen molar-refractivity contribution >= 4 is 5.91 Å². The van der Waals surface area contributed by atoms with E-state index in [0.717, 1.165) is 0 Å². The van der Waals surface area contributed by atoms with E-state index in [9.17, 15) is 4.79 Å². The third-order valence-electron chi connectivity index (χ3n) is 3.56. The summed E-state index contributed by atoms with van der Waals surface area (Å²) in [7, 11) is 0. The van der Waals surface area contributed by atoms with Crippen molar-refractivity contribution in [3.8, 4) is 5.75 Å². The van der Waals surface area contributed by atoms with E-state index in [2.05, 4.69) is 13.8 Å². The molecule has 1 aromatic rings. The molecule has 0 atom stereocenters. The second kappa shape index (κ2) is 6.94. The van der Waals surface area contributed by atoms with Crippen LogP contribution in [0.4, 0.5) is 0 Å². The first-order valence-electron chi connectivity index (χ1n) is 7.66. The van der Waals surface area contributed by atoms with Gasteiger partial charge in [0.05, 0.1) is 24.9 Å². The molecule has 1 saturated heterocycles. The van der Waals surface area contributed by atoms with Crippen molar-refractivity contribution in [3.05, 3.63) is 29.3 Å². The molecule has 116 valence electrons. The summed E-state index contributed by atoms with van der Waals surface area (Å²) >= 11 is 0. The highest BCUT2D eigenvalue weighted by molar-refractivity contribution is 5.97. The Balaban J connectivity index is 2.29. The van der Waals surface area contributed by atoms with E-state index in [-0.39, 0.29) is 12.0 Å². The quantitative estimate of drug-likeness (QED) is 0.856. The molecule has 1 aliphatic heterocycles. The van der Waals surface area contributed by atoms with Crippen LogP contribution < -0.4 is 4.74 Å². The summed E-state index contributed by atoms with van der Waals surface area (Å²) in [5.41, 5.74) is 1.83. The van der Waals surface area contributed by atoms with Crippen molar-refractivity contribution in [1.82, 2.24) is 4.90 Å². The molecule has 0 spiro atoms. The van der Waals surface area contributed by atoms with Gasteiger partial charge in [-0.3, -0.25) is 4.79 Å². The van der Waals surface area contributed by atoms with Crippen molar-refractivity contribution in [2.24, 2.45) is 0 Å². The number of benzene rings is 1. The Hall–Kier alpha value is -1.55. The molecule has 1 aromatic carbocycles. The first-order valence-corrected chi connectivity index (χ1v) is 7.66. The molecule has 2 rings (SSSR count). The molecule has 4 nitrogen and oxygen atoms in total. The van der Waals surface area contributed by atoms with Gasteiger partial charge in [0.15, 0.2) is 0 Å². The summed E-state index contributed by atoms with van der Waals surface area (Å²) in [5.74, 6) is 1.13. The van der Waals surface area contributed by atoms with Crippen LogP contribution in [-0.2, 0) is 4.74 Å². The number of hydrogen-bond acceptors (Lipinski definition) is 3. The van der Waals surface area contributed by atoms with Crippen LogP contribution in [0.2, 0.25) is 0 Å². The van der Waals surface area contributed by atoms with E-state index in [1.807, 2.05) is 36.9 Å². The highest BCUT2D eigenvalue weighted by atomic mass is 16.5. The van der Waals surface area contributed by atoms with Crippen LogP contribution in [0.15, 0.2) is 18.2 Å². The summed E-state index contributed by atoms with van der Waals surface area (Å²) in [4.78, 5) is 14.5. The standard InChI is InChI=1S/C17H25NO3/c1-12(2)14-5-6-15(16(11-14)21-13(3)4)17(19)18-7-9-20-10-8-18/h5-6,11-13H,7-10H2,1-4H3. The average molecular weight is 291 g/mol. The van der Waals surface area contributed by atoms with E-state index in [0.29, 0.717) is 43.5 Å². The van der Waals surface area contributed by atoms with Crippen LogP contribution in [0.25, 0.3) is 0 Å². The van der Waals surface area contributed by atoms with Gasteiger partial charge < -0.3 is 14.4 Å². The smallest absolute Gasteiger partial charge is 0.257 e. The number of hydrogen-bond donors (Lipinski definition) is 0. The summed E-state index contributed by atoms with van der Waals surface area (Å²) in [6, 6.07) is 5.91. The number of nitrogens with zero attached hydrogens (tertiary/aromatic N) is 1. The van der Waals surface area contributed by atoms with Gasteiger partial charge in [0.2, 0.25) is 0 Å². The number of morpholine rings is 1. The fraction of sp³-hybridized carbons (Fsp3) is 0.588. The first-order chi connectivity index (χ1) is 9.99. The molecule has 1 amide bonds. The molecule has 0 bridgehead atoms. The average Bonchev–Trinajstić information content (AvgIpc) is 2.46. The van der Waals surface area contributed by atoms with Gasteiger partial charge in [0.25, 0.3) is 5.91 Å². The van der Waals surface area contributed by atoms with Gasteiger partial charge in [0, 0.05) is 13.1 Å². The molecule has 0 aromatic heterocycles. The summed E-state index contributed by atoms with van der Waals surface area (Å²) < 4.78 is 11.2. The second-order valence-corrected chi connectivity index (χ2v) is 5.98. The van der Waals surface area contributed by atoms with E-state index in [1.165, 1.54) is 5.56 Å². The van der Waals surface area contributed by atoms with E-state index < -0.39 is 0 Å². The summed E-state index contributed by atoms with van der Waals surface area (Å²) in [6.45, 7) is 10.7. The zero-order valence-corrected chi connectivity index (χ0v) is 13.4. The van der Waals surface area contributed by atoms with Gasteiger partial charge in [0.1, 0.15) is 5.75 Å². The Morgan fingerprint density at radius 2 is 1.86 bits per heavy atom. The molecule has 0 aliphatic carbocycles. The highest BCUT2D eigenvalue weighted by Crippen LogP contribution is 2.27. The fourth-order valence-electron chi connectivity index (χ4n) is 2.36. The lowest BCUT2D eigenvalue weighted by atomic mass is 10.0. The largest absolute Gasteiger partial charge is 0.490 e. The van der Waals surface area contributed by atoms with Gasteiger partial charge in [-0.05, 0) is 37.5 Å². The first kappa shape index (κ1) is 15.8. The van der Waals surface area contributed by atoms with Gasteiger partial charge >= 0.3 is 0 Å². The number of amides is 1. The Kier molecular flexibility index (Phi) is 5.23. The van der Waals surface area contributed by atoms with Crippen molar-refractivity contribution in [3.63, 3.8) is 0 Å². The van der Waals surface area contributed by atoms with Crippen LogP contribution in [-0.4, -0.2) is 43.2 Å². The van der Waals surface area contributed by atoms with Crippen molar-refractivity contribution in [1.29, 1.82) is 0 Å². The normalized spacial score (nSPS) is 15.6. The third kappa shape index (κ3) is 3.97. The van der Waals surface area contributed by atoms with Crippen molar-refractivity contribution in [2.75, 3.05) is 26.3 Å². The maximum atomic E-state index is 12.7. The highest BCUT2D eigenvalue weighted by Gasteiger charge is 2.22. The summed E-state index contributed by atoms with van der Waals surface area (Å²) in [6.07, 6.45) is 0.0450. The van der Waals surface area contributed by atoms with Gasteiger partial charge in [-0.1, -0.05) is 19.9 Å². The molecule has 1 aliphatic rings. The predicted octanol–water partition coefficient (Wildman–Crippen LogP) is 3.07. The Bertz CT molecular complexity index is 491. The minimum atomic E-state index is 0.0317. The maximum Gasteiger partial charge on any atom is 0.257 e. The van der Waals surface area contributed by atoms with E-state index in [4.69, 9.17) is 9.47 Å². The number of ether oxygens (including phenoxy) is 2. The maximum absolute atomic E-state index is 12.7. The Morgan fingerprint density at radius 3 is 2.43 bits per heavy atom. The van der Waals surface area contributed by atoms with E-state index in [1.54, 1.807) is 0 Å². The molecule has 4 heteroatoms. The minimum Gasteiger partial charge on any atom is -0.490 e. The zero-order chi connectivity index (χ0) is 15.4. The van der Waals surface area contributed by atoms with Gasteiger partial charge in [-0.15, -0.1) is 0 Å². The van der Waals surface area contributed by atoms with E-state index >= 15 is 0 Å². The van der Waals surface area contributed by atoms with Crippen LogP contribution in [0.5, 0.6) is 5.75 Å². The lowest BCUT2D eigenvalue weighted by Crippen LogP contribution is -2.40. The van der Waals surface area contributed by atoms with Gasteiger partial charge in [-0.25, -0.2) is 0 Å².